The van der Waals surface area contributed by atoms with Crippen LogP contribution in [0.2, 0.25) is 5.02 Å². The first kappa shape index (κ1) is 19.4. The van der Waals surface area contributed by atoms with E-state index in [4.69, 9.17) is 16.0 Å². The molecule has 0 saturated heterocycles. The number of fused-ring (bicyclic) bond motifs is 1. The van der Waals surface area contributed by atoms with Crippen LogP contribution in [0.3, 0.4) is 0 Å². The smallest absolute Gasteiger partial charge is 0.410 e. The lowest BCUT2D eigenvalue weighted by atomic mass is 9.97. The molecule has 152 valence electrons. The zero-order chi connectivity index (χ0) is 20.6. The maximum absolute atomic E-state index is 13.7. The van der Waals surface area contributed by atoms with Gasteiger partial charge in [-0.3, -0.25) is 4.79 Å². The molecule has 2 aromatic heterocycles. The molecule has 4 rings (SSSR count). The Morgan fingerprint density at radius 1 is 1.31 bits per heavy atom. The minimum atomic E-state index is -4.52. The van der Waals surface area contributed by atoms with Crippen molar-refractivity contribution < 1.29 is 22.4 Å². The molecule has 0 spiro atoms. The first-order chi connectivity index (χ1) is 13.8. The van der Waals surface area contributed by atoms with Crippen LogP contribution in [0, 0.1) is 0 Å². The van der Waals surface area contributed by atoms with Crippen LogP contribution in [0.4, 0.5) is 19.0 Å². The number of hydrogen-bond acceptors (Lipinski definition) is 4. The van der Waals surface area contributed by atoms with E-state index in [1.807, 2.05) is 0 Å². The number of anilines is 1. The number of carbonyl (C=O) groups excluding carboxylic acids is 1. The highest BCUT2D eigenvalue weighted by atomic mass is 35.5. The van der Waals surface area contributed by atoms with Crippen molar-refractivity contribution in [1.82, 2.24) is 15.1 Å². The number of hydrogen-bond donors (Lipinski definition) is 2. The van der Waals surface area contributed by atoms with Crippen molar-refractivity contribution in [2.24, 2.45) is 0 Å². The van der Waals surface area contributed by atoms with E-state index >= 15 is 0 Å². The van der Waals surface area contributed by atoms with Gasteiger partial charge in [0.1, 0.15) is 11.6 Å². The van der Waals surface area contributed by atoms with E-state index in [2.05, 4.69) is 15.7 Å². The van der Waals surface area contributed by atoms with Crippen molar-refractivity contribution in [3.8, 4) is 0 Å². The third-order valence-corrected chi connectivity index (χ3v) is 4.95. The van der Waals surface area contributed by atoms with Gasteiger partial charge in [0.2, 0.25) is 0 Å². The zero-order valence-electron chi connectivity index (χ0n) is 14.9. The van der Waals surface area contributed by atoms with Gasteiger partial charge in [0.05, 0.1) is 18.8 Å². The van der Waals surface area contributed by atoms with Crippen LogP contribution in [-0.4, -0.2) is 21.9 Å². The summed E-state index contributed by atoms with van der Waals surface area (Å²) in [6.07, 6.45) is -3.31. The molecule has 10 heteroatoms. The minimum absolute atomic E-state index is 0.106. The second-order valence-electron chi connectivity index (χ2n) is 6.66. The monoisotopic (exact) mass is 424 g/mol. The molecular formula is C19H16ClF3N4O2. The Kier molecular flexibility index (Phi) is 4.99. The number of rotatable bonds is 4. The van der Waals surface area contributed by atoms with E-state index in [-0.39, 0.29) is 24.5 Å². The third kappa shape index (κ3) is 4.09. The second kappa shape index (κ2) is 7.47. The van der Waals surface area contributed by atoms with Gasteiger partial charge in [0, 0.05) is 17.5 Å². The van der Waals surface area contributed by atoms with Crippen LogP contribution >= 0.6 is 11.6 Å². The van der Waals surface area contributed by atoms with Gasteiger partial charge < -0.3 is 15.1 Å². The lowest BCUT2D eigenvalue weighted by Gasteiger charge is -2.33. The number of halogens is 4. The molecule has 2 N–H and O–H groups in total. The largest absolute Gasteiger partial charge is 0.467 e. The van der Waals surface area contributed by atoms with Gasteiger partial charge in [0.25, 0.3) is 5.91 Å². The summed E-state index contributed by atoms with van der Waals surface area (Å²) in [5.74, 6) is 0.0622. The topological polar surface area (TPSA) is 72.1 Å². The first-order valence-electron chi connectivity index (χ1n) is 8.80. The number of nitrogens with one attached hydrogen (secondary N) is 2. The van der Waals surface area contributed by atoms with E-state index in [1.165, 1.54) is 12.3 Å². The van der Waals surface area contributed by atoms with Crippen LogP contribution in [0.15, 0.2) is 53.1 Å². The van der Waals surface area contributed by atoms with E-state index in [1.54, 1.807) is 36.4 Å². The molecular weight excluding hydrogens is 409 g/mol. The molecule has 1 aliphatic rings. The van der Waals surface area contributed by atoms with Gasteiger partial charge in [-0.15, -0.1) is 0 Å². The Morgan fingerprint density at radius 3 is 2.72 bits per heavy atom. The van der Waals surface area contributed by atoms with Gasteiger partial charge in [-0.05, 0) is 29.8 Å². The number of carbonyl (C=O) groups is 1. The van der Waals surface area contributed by atoms with E-state index in [0.29, 0.717) is 16.3 Å². The maximum atomic E-state index is 13.7. The summed E-state index contributed by atoms with van der Waals surface area (Å²) < 4.78 is 47.0. The van der Waals surface area contributed by atoms with Gasteiger partial charge in [-0.1, -0.05) is 23.7 Å². The summed E-state index contributed by atoms with van der Waals surface area (Å²) in [7, 11) is 0. The lowest BCUT2D eigenvalue weighted by Crippen LogP contribution is -2.35. The Morgan fingerprint density at radius 2 is 2.07 bits per heavy atom. The number of aromatic nitrogens is 2. The maximum Gasteiger partial charge on any atom is 0.410 e. The Bertz CT molecular complexity index is 1000. The zero-order valence-corrected chi connectivity index (χ0v) is 15.7. The first-order valence-corrected chi connectivity index (χ1v) is 9.18. The minimum Gasteiger partial charge on any atom is -0.467 e. The molecule has 0 fully saturated rings. The average Bonchev–Trinajstić information content (AvgIpc) is 3.34. The summed E-state index contributed by atoms with van der Waals surface area (Å²) in [4.78, 5) is 12.4. The molecule has 29 heavy (non-hydrogen) atoms. The van der Waals surface area contributed by atoms with E-state index < -0.39 is 24.2 Å². The highest BCUT2D eigenvalue weighted by Crippen LogP contribution is 2.43. The summed E-state index contributed by atoms with van der Waals surface area (Å²) in [5, 5.41) is 10.0. The van der Waals surface area contributed by atoms with Crippen LogP contribution in [-0.2, 0) is 6.54 Å². The molecule has 1 aromatic carbocycles. The van der Waals surface area contributed by atoms with Gasteiger partial charge in [0.15, 0.2) is 11.7 Å². The number of alkyl halides is 3. The summed E-state index contributed by atoms with van der Waals surface area (Å²) in [6, 6.07) is 8.82. The highest BCUT2D eigenvalue weighted by Gasteiger charge is 2.46. The molecule has 0 saturated carbocycles. The average molecular weight is 425 g/mol. The molecule has 0 bridgehead atoms. The van der Waals surface area contributed by atoms with Crippen molar-refractivity contribution >= 4 is 23.3 Å². The van der Waals surface area contributed by atoms with Crippen molar-refractivity contribution in [2.75, 3.05) is 5.32 Å². The van der Waals surface area contributed by atoms with Crippen LogP contribution in [0.25, 0.3) is 0 Å². The molecule has 3 aromatic rings. The SMILES string of the molecule is O=C(NCc1ccco1)c1cc2n(n1)[C@H](C(F)(F)F)C[C@H](c1ccc(Cl)cc1)N2. The molecule has 0 aliphatic carbocycles. The Labute approximate surface area is 168 Å². The molecule has 3 heterocycles. The number of benzene rings is 1. The lowest BCUT2D eigenvalue weighted by molar-refractivity contribution is -0.173. The molecule has 6 nitrogen and oxygen atoms in total. The van der Waals surface area contributed by atoms with Crippen LogP contribution in [0.5, 0.6) is 0 Å². The molecule has 0 radical (unpaired) electrons. The number of amides is 1. The highest BCUT2D eigenvalue weighted by molar-refractivity contribution is 6.30. The van der Waals surface area contributed by atoms with Crippen molar-refractivity contribution in [2.45, 2.75) is 31.2 Å². The van der Waals surface area contributed by atoms with Crippen molar-refractivity contribution in [3.05, 3.63) is 70.8 Å². The van der Waals surface area contributed by atoms with Crippen LogP contribution < -0.4 is 10.6 Å². The molecule has 1 amide bonds. The normalized spacial score (nSPS) is 18.8. The fraction of sp³-hybridized carbons (Fsp3) is 0.263. The predicted molar refractivity (Wildman–Crippen MR) is 99.6 cm³/mol. The molecule has 1 aliphatic heterocycles. The van der Waals surface area contributed by atoms with E-state index in [9.17, 15) is 18.0 Å². The Hall–Kier alpha value is -2.94. The van der Waals surface area contributed by atoms with Gasteiger partial charge in [-0.2, -0.15) is 18.3 Å². The Balaban J connectivity index is 1.59. The molecule has 2 atom stereocenters. The summed E-state index contributed by atoms with van der Waals surface area (Å²) in [5.41, 5.74) is 0.560. The van der Waals surface area contributed by atoms with Crippen LogP contribution in [0.1, 0.15) is 40.3 Å². The predicted octanol–water partition coefficient (Wildman–Crippen LogP) is 4.72. The third-order valence-electron chi connectivity index (χ3n) is 4.70. The standard InChI is InChI=1S/C19H16ClF3N4O2/c20-12-5-3-11(4-6-12)14-8-16(19(21,22)23)27-17(25-14)9-15(26-27)18(28)24-10-13-2-1-7-29-13/h1-7,9,14,16,25H,8,10H2,(H,24,28)/t14-,16+/m1/s1. The summed E-state index contributed by atoms with van der Waals surface area (Å²) in [6.45, 7) is 0.109. The summed E-state index contributed by atoms with van der Waals surface area (Å²) >= 11 is 5.87. The van der Waals surface area contributed by atoms with Gasteiger partial charge in [-0.25, -0.2) is 4.68 Å². The number of furan rings is 1. The second-order valence-corrected chi connectivity index (χ2v) is 7.10. The fourth-order valence-corrected chi connectivity index (χ4v) is 3.40. The van der Waals surface area contributed by atoms with Crippen molar-refractivity contribution in [3.63, 3.8) is 0 Å². The van der Waals surface area contributed by atoms with Gasteiger partial charge >= 0.3 is 6.18 Å². The van der Waals surface area contributed by atoms with Crippen molar-refractivity contribution in [1.29, 1.82) is 0 Å². The number of nitrogens with zero attached hydrogens (tertiary/aromatic N) is 2. The fourth-order valence-electron chi connectivity index (χ4n) is 3.27. The molecule has 0 unspecified atom stereocenters. The quantitative estimate of drug-likeness (QED) is 0.635. The van der Waals surface area contributed by atoms with E-state index in [0.717, 1.165) is 4.68 Å².